The molecule has 0 aliphatic carbocycles. The van der Waals surface area contributed by atoms with Crippen LogP contribution in [0.2, 0.25) is 0 Å². The van der Waals surface area contributed by atoms with E-state index >= 15 is 0 Å². The van der Waals surface area contributed by atoms with Crippen LogP contribution in [0.3, 0.4) is 0 Å². The fourth-order valence-electron chi connectivity index (χ4n) is 3.07. The van der Waals surface area contributed by atoms with Crippen molar-refractivity contribution in [3.63, 3.8) is 0 Å². The fraction of sp³-hybridized carbons (Fsp3) is 0.381. The summed E-state index contributed by atoms with van der Waals surface area (Å²) in [5.41, 5.74) is 2.74. The molecule has 1 saturated heterocycles. The van der Waals surface area contributed by atoms with Gasteiger partial charge in [0.25, 0.3) is 0 Å². The summed E-state index contributed by atoms with van der Waals surface area (Å²) in [5, 5.41) is 2.87. The molecule has 148 valence electrons. The summed E-state index contributed by atoms with van der Waals surface area (Å²) < 4.78 is 0. The Morgan fingerprint density at radius 2 is 1.82 bits per heavy atom. The van der Waals surface area contributed by atoms with Gasteiger partial charge in [-0.1, -0.05) is 23.9 Å². The van der Waals surface area contributed by atoms with Crippen molar-refractivity contribution < 1.29 is 4.79 Å². The number of nitrogens with zero attached hydrogens (tertiary/aromatic N) is 4. The van der Waals surface area contributed by atoms with Gasteiger partial charge in [-0.3, -0.25) is 4.79 Å². The van der Waals surface area contributed by atoms with Crippen LogP contribution < -0.4 is 10.2 Å². The minimum Gasteiger partial charge on any atom is -0.338 e. The first-order valence-corrected chi connectivity index (χ1v) is 10.3. The van der Waals surface area contributed by atoms with Gasteiger partial charge >= 0.3 is 0 Å². The van der Waals surface area contributed by atoms with Gasteiger partial charge in [-0.05, 0) is 52.1 Å². The third-order valence-electron chi connectivity index (χ3n) is 4.62. The van der Waals surface area contributed by atoms with E-state index < -0.39 is 0 Å². The second-order valence-corrected chi connectivity index (χ2v) is 8.02. The molecule has 1 aromatic heterocycles. The Balaban J connectivity index is 1.76. The zero-order valence-electron chi connectivity index (χ0n) is 16.9. The summed E-state index contributed by atoms with van der Waals surface area (Å²) in [6.45, 7) is 9.87. The van der Waals surface area contributed by atoms with E-state index in [1.807, 2.05) is 45.0 Å². The topological polar surface area (TPSA) is 61.4 Å². The Hall–Kier alpha value is -2.38. The Kier molecular flexibility index (Phi) is 6.70. The van der Waals surface area contributed by atoms with Crippen LogP contribution in [-0.2, 0) is 4.79 Å². The van der Waals surface area contributed by atoms with Gasteiger partial charge < -0.3 is 15.1 Å². The lowest BCUT2D eigenvalue weighted by molar-refractivity contribution is -0.111. The number of nitrogens with one attached hydrogen (secondary N) is 1. The largest absolute Gasteiger partial charge is 0.338 e. The Morgan fingerprint density at radius 1 is 1.14 bits per heavy atom. The summed E-state index contributed by atoms with van der Waals surface area (Å²) in [6.07, 6.45) is 3.24. The predicted molar refractivity (Wildman–Crippen MR) is 115 cm³/mol. The van der Waals surface area contributed by atoms with Gasteiger partial charge in [-0.2, -0.15) is 0 Å². The monoisotopic (exact) mass is 397 g/mol. The molecule has 6 nitrogen and oxygen atoms in total. The molecule has 1 fully saturated rings. The van der Waals surface area contributed by atoms with Crippen LogP contribution in [0.5, 0.6) is 0 Å². The first-order chi connectivity index (χ1) is 13.5. The average molecular weight is 398 g/mol. The van der Waals surface area contributed by atoms with Gasteiger partial charge in [-0.15, -0.1) is 0 Å². The van der Waals surface area contributed by atoms with Crippen LogP contribution in [0.15, 0.2) is 46.2 Å². The predicted octanol–water partition coefficient (Wildman–Crippen LogP) is 3.51. The van der Waals surface area contributed by atoms with E-state index in [1.165, 1.54) is 6.08 Å². The first kappa shape index (κ1) is 20.4. The quantitative estimate of drug-likeness (QED) is 0.779. The smallest absolute Gasteiger partial charge is 0.248 e. The second kappa shape index (κ2) is 9.21. The number of carbonyl (C=O) groups is 1. The van der Waals surface area contributed by atoms with Crippen LogP contribution in [-0.4, -0.2) is 54.0 Å². The van der Waals surface area contributed by atoms with Crippen LogP contribution in [0.4, 0.5) is 11.6 Å². The summed E-state index contributed by atoms with van der Waals surface area (Å²) in [7, 11) is 2.14. The highest BCUT2D eigenvalue weighted by Crippen LogP contribution is 2.33. The van der Waals surface area contributed by atoms with E-state index in [4.69, 9.17) is 9.97 Å². The first-order valence-electron chi connectivity index (χ1n) is 9.46. The van der Waals surface area contributed by atoms with Crippen LogP contribution >= 0.6 is 11.8 Å². The molecule has 2 aromatic rings. The number of hydrogen-bond donors (Lipinski definition) is 1. The zero-order chi connectivity index (χ0) is 20.1. The van der Waals surface area contributed by atoms with Crippen molar-refractivity contribution in [2.24, 2.45) is 0 Å². The maximum Gasteiger partial charge on any atom is 0.248 e. The van der Waals surface area contributed by atoms with Gasteiger partial charge in [0, 0.05) is 36.8 Å². The molecule has 0 unspecified atom stereocenters. The molecule has 1 aliphatic heterocycles. The molecule has 28 heavy (non-hydrogen) atoms. The fourth-order valence-corrected chi connectivity index (χ4v) is 4.03. The lowest BCUT2D eigenvalue weighted by Crippen LogP contribution is -2.45. The van der Waals surface area contributed by atoms with E-state index in [-0.39, 0.29) is 5.91 Å². The molecule has 1 aromatic carbocycles. The van der Waals surface area contributed by atoms with Gasteiger partial charge in [-0.25, -0.2) is 9.97 Å². The number of carbonyl (C=O) groups excluding carboxylic acids is 1. The number of benzene rings is 1. The van der Waals surface area contributed by atoms with Crippen molar-refractivity contribution in [1.82, 2.24) is 14.9 Å². The highest BCUT2D eigenvalue weighted by atomic mass is 32.2. The molecule has 0 spiro atoms. The third-order valence-corrected chi connectivity index (χ3v) is 5.90. The Labute approximate surface area is 171 Å². The summed E-state index contributed by atoms with van der Waals surface area (Å²) in [6, 6.07) is 7.83. The lowest BCUT2D eigenvalue weighted by atomic mass is 10.3. The van der Waals surface area contributed by atoms with Gasteiger partial charge in [0.1, 0.15) is 0 Å². The van der Waals surface area contributed by atoms with Crippen molar-refractivity contribution in [2.75, 3.05) is 43.4 Å². The van der Waals surface area contributed by atoms with Crippen LogP contribution in [0.25, 0.3) is 0 Å². The number of amides is 1. The van der Waals surface area contributed by atoms with Crippen LogP contribution in [0, 0.1) is 13.8 Å². The van der Waals surface area contributed by atoms with Crippen molar-refractivity contribution in [2.45, 2.75) is 30.6 Å². The molecule has 0 radical (unpaired) electrons. The second-order valence-electron chi connectivity index (χ2n) is 6.93. The molecule has 2 heterocycles. The maximum atomic E-state index is 11.8. The minimum atomic E-state index is -0.128. The lowest BCUT2D eigenvalue weighted by Gasteiger charge is -2.32. The number of rotatable bonds is 5. The van der Waals surface area contributed by atoms with E-state index in [0.29, 0.717) is 0 Å². The minimum absolute atomic E-state index is 0.128. The zero-order valence-corrected chi connectivity index (χ0v) is 17.7. The van der Waals surface area contributed by atoms with E-state index in [9.17, 15) is 4.79 Å². The number of piperazine rings is 1. The molecular weight excluding hydrogens is 370 g/mol. The van der Waals surface area contributed by atoms with Crippen molar-refractivity contribution in [3.8, 4) is 0 Å². The summed E-state index contributed by atoms with van der Waals surface area (Å²) >= 11 is 1.63. The molecule has 0 saturated carbocycles. The number of aromatic nitrogens is 2. The third kappa shape index (κ3) is 5.11. The van der Waals surface area contributed by atoms with Gasteiger partial charge in [0.05, 0.1) is 16.3 Å². The van der Waals surface area contributed by atoms with Crippen molar-refractivity contribution >= 4 is 29.3 Å². The summed E-state index contributed by atoms with van der Waals surface area (Å²) in [4.78, 5) is 28.0. The molecular formula is C21H27N5OS. The van der Waals surface area contributed by atoms with E-state index in [2.05, 4.69) is 22.2 Å². The number of anilines is 2. The standard InChI is InChI=1S/C21H27N5OS/c1-5-7-19(27)24-17-8-6-9-18(14-17)28-20-15(2)22-21(23-16(20)3)26-12-10-25(4)11-13-26/h5-9,14H,10-13H2,1-4H3,(H,24,27)/b7-5+. The van der Waals surface area contributed by atoms with E-state index in [0.717, 1.165) is 59.0 Å². The number of hydrogen-bond acceptors (Lipinski definition) is 6. The van der Waals surface area contributed by atoms with E-state index in [1.54, 1.807) is 17.8 Å². The summed E-state index contributed by atoms with van der Waals surface area (Å²) in [5.74, 6) is 0.691. The number of aryl methyl sites for hydroxylation is 2. The maximum absolute atomic E-state index is 11.8. The number of likely N-dealkylation sites (N-methyl/N-ethyl adjacent to an activating group) is 1. The average Bonchev–Trinajstić information content (AvgIpc) is 2.65. The van der Waals surface area contributed by atoms with Gasteiger partial charge in [0.15, 0.2) is 0 Å². The van der Waals surface area contributed by atoms with Gasteiger partial charge in [0.2, 0.25) is 11.9 Å². The SMILES string of the molecule is C/C=C/C(=O)Nc1cccc(Sc2c(C)nc(N3CCN(C)CC3)nc2C)c1. The molecule has 1 amide bonds. The van der Waals surface area contributed by atoms with Crippen molar-refractivity contribution in [3.05, 3.63) is 47.8 Å². The highest BCUT2D eigenvalue weighted by Gasteiger charge is 2.19. The normalized spacial score (nSPS) is 15.2. The number of allylic oxidation sites excluding steroid dienone is 1. The molecule has 3 rings (SSSR count). The Bertz CT molecular complexity index is 852. The van der Waals surface area contributed by atoms with Crippen molar-refractivity contribution in [1.29, 1.82) is 0 Å². The molecule has 0 bridgehead atoms. The molecule has 0 atom stereocenters. The molecule has 1 aliphatic rings. The van der Waals surface area contributed by atoms with Crippen LogP contribution in [0.1, 0.15) is 18.3 Å². The Morgan fingerprint density at radius 3 is 2.46 bits per heavy atom. The molecule has 7 heteroatoms. The molecule has 1 N–H and O–H groups in total. The highest BCUT2D eigenvalue weighted by molar-refractivity contribution is 7.99.